The fourth-order valence-corrected chi connectivity index (χ4v) is 3.89. The van der Waals surface area contributed by atoms with Crippen molar-refractivity contribution in [2.24, 2.45) is 0 Å². The van der Waals surface area contributed by atoms with Crippen LogP contribution in [-0.4, -0.2) is 45.1 Å². The number of fused-ring (bicyclic) bond motifs is 1. The zero-order valence-electron chi connectivity index (χ0n) is 10.9. The van der Waals surface area contributed by atoms with E-state index in [4.69, 9.17) is 5.11 Å². The molecular formula is C13H15N3O2S2. The van der Waals surface area contributed by atoms with Crippen LogP contribution >= 0.6 is 23.1 Å². The molecule has 2 aromatic rings. The predicted molar refractivity (Wildman–Crippen MR) is 83.9 cm³/mol. The zero-order valence-corrected chi connectivity index (χ0v) is 12.5. The Morgan fingerprint density at radius 1 is 1.40 bits per heavy atom. The maximum absolute atomic E-state index is 10.8. The third-order valence-electron chi connectivity index (χ3n) is 3.19. The monoisotopic (exact) mass is 309 g/mol. The van der Waals surface area contributed by atoms with Crippen LogP contribution in [-0.2, 0) is 4.79 Å². The van der Waals surface area contributed by atoms with Gasteiger partial charge in [-0.2, -0.15) is 11.8 Å². The van der Waals surface area contributed by atoms with E-state index in [2.05, 4.69) is 9.88 Å². The minimum absolute atomic E-state index is 0.857. The standard InChI is InChI=1S/C13H15N3O2S2/c17-11(18)3-2-10-12(14-13-16(10)6-9-20-13)15-4-1-7-19-8-5-15/h2-3,6,9H,1,4-5,7-8H2,(H,17,18). The van der Waals surface area contributed by atoms with Crippen LogP contribution in [0.4, 0.5) is 5.82 Å². The molecule has 1 aliphatic rings. The lowest BCUT2D eigenvalue weighted by molar-refractivity contribution is -0.131. The Hall–Kier alpha value is -1.47. The molecule has 0 radical (unpaired) electrons. The van der Waals surface area contributed by atoms with Crippen molar-refractivity contribution in [3.8, 4) is 0 Å². The highest BCUT2D eigenvalue weighted by Crippen LogP contribution is 2.27. The first kappa shape index (κ1) is 13.5. The van der Waals surface area contributed by atoms with E-state index in [1.165, 1.54) is 11.8 Å². The highest BCUT2D eigenvalue weighted by molar-refractivity contribution is 7.99. The summed E-state index contributed by atoms with van der Waals surface area (Å²) >= 11 is 3.53. The van der Waals surface area contributed by atoms with Gasteiger partial charge in [0.05, 0.1) is 5.69 Å². The highest BCUT2D eigenvalue weighted by Gasteiger charge is 2.18. The number of carboxylic acid groups (broad SMARTS) is 1. The summed E-state index contributed by atoms with van der Waals surface area (Å²) in [4.78, 5) is 18.6. The Balaban J connectivity index is 2.01. The summed E-state index contributed by atoms with van der Waals surface area (Å²) in [5.74, 6) is 2.23. The topological polar surface area (TPSA) is 57.8 Å². The lowest BCUT2D eigenvalue weighted by atomic mass is 10.3. The number of nitrogens with zero attached hydrogens (tertiary/aromatic N) is 3. The number of hydrogen-bond acceptors (Lipinski definition) is 5. The van der Waals surface area contributed by atoms with E-state index in [1.807, 2.05) is 27.7 Å². The van der Waals surface area contributed by atoms with Gasteiger partial charge in [0, 0.05) is 36.5 Å². The molecule has 0 bridgehead atoms. The summed E-state index contributed by atoms with van der Waals surface area (Å²) < 4.78 is 1.96. The lowest BCUT2D eigenvalue weighted by Gasteiger charge is -2.20. The number of thiazole rings is 1. The molecule has 2 aromatic heterocycles. The van der Waals surface area contributed by atoms with Crippen LogP contribution in [0.1, 0.15) is 12.1 Å². The highest BCUT2D eigenvalue weighted by atomic mass is 32.2. The van der Waals surface area contributed by atoms with Gasteiger partial charge < -0.3 is 10.0 Å². The van der Waals surface area contributed by atoms with Gasteiger partial charge in [0.2, 0.25) is 0 Å². The summed E-state index contributed by atoms with van der Waals surface area (Å²) in [6, 6.07) is 0. The summed E-state index contributed by atoms with van der Waals surface area (Å²) in [5.41, 5.74) is 0.857. The third kappa shape index (κ3) is 2.69. The Morgan fingerprint density at radius 3 is 3.15 bits per heavy atom. The normalized spacial score (nSPS) is 16.9. The molecule has 1 saturated heterocycles. The quantitative estimate of drug-likeness (QED) is 0.883. The largest absolute Gasteiger partial charge is 0.478 e. The molecule has 1 N–H and O–H groups in total. The molecule has 1 aliphatic heterocycles. The number of imidazole rings is 1. The molecule has 3 heterocycles. The van der Waals surface area contributed by atoms with Crippen molar-refractivity contribution in [2.75, 3.05) is 29.5 Å². The molecule has 0 saturated carbocycles. The number of anilines is 1. The average molecular weight is 309 g/mol. The Bertz CT molecular complexity index is 639. The van der Waals surface area contributed by atoms with Crippen LogP contribution in [0.3, 0.4) is 0 Å². The predicted octanol–water partition coefficient (Wildman–Crippen LogP) is 2.44. The number of rotatable bonds is 3. The van der Waals surface area contributed by atoms with E-state index >= 15 is 0 Å². The average Bonchev–Trinajstić information content (AvgIpc) is 2.88. The van der Waals surface area contributed by atoms with Crippen LogP contribution < -0.4 is 4.90 Å². The maximum Gasteiger partial charge on any atom is 0.328 e. The van der Waals surface area contributed by atoms with Gasteiger partial charge in [-0.05, 0) is 18.2 Å². The minimum atomic E-state index is -0.937. The molecule has 0 spiro atoms. The summed E-state index contributed by atoms with van der Waals surface area (Å²) in [7, 11) is 0. The first-order valence-corrected chi connectivity index (χ1v) is 8.48. The molecule has 0 aliphatic carbocycles. The lowest BCUT2D eigenvalue weighted by Crippen LogP contribution is -2.26. The molecule has 7 heteroatoms. The van der Waals surface area contributed by atoms with Gasteiger partial charge in [-0.15, -0.1) is 11.3 Å². The van der Waals surface area contributed by atoms with Gasteiger partial charge in [-0.25, -0.2) is 9.78 Å². The zero-order chi connectivity index (χ0) is 13.9. The molecule has 3 rings (SSSR count). The fraction of sp³-hybridized carbons (Fsp3) is 0.385. The van der Waals surface area contributed by atoms with Crippen LogP contribution in [0.25, 0.3) is 11.0 Å². The first-order valence-electron chi connectivity index (χ1n) is 6.45. The van der Waals surface area contributed by atoms with Gasteiger partial charge in [0.25, 0.3) is 0 Å². The maximum atomic E-state index is 10.8. The fourth-order valence-electron chi connectivity index (χ4n) is 2.29. The SMILES string of the molecule is O=C(O)C=Cc1c(N2CCCSCC2)nc2sccn12. The molecule has 106 valence electrons. The van der Waals surface area contributed by atoms with Crippen molar-refractivity contribution in [2.45, 2.75) is 6.42 Å². The van der Waals surface area contributed by atoms with Gasteiger partial charge >= 0.3 is 5.97 Å². The second kappa shape index (κ2) is 5.88. The van der Waals surface area contributed by atoms with Gasteiger partial charge in [-0.1, -0.05) is 0 Å². The molecular weight excluding hydrogens is 294 g/mol. The first-order chi connectivity index (χ1) is 9.75. The van der Waals surface area contributed by atoms with Crippen molar-refractivity contribution in [3.05, 3.63) is 23.3 Å². The van der Waals surface area contributed by atoms with Crippen LogP contribution in [0.5, 0.6) is 0 Å². The summed E-state index contributed by atoms with van der Waals surface area (Å²) in [6.07, 6.45) is 5.89. The molecule has 0 amide bonds. The van der Waals surface area contributed by atoms with Crippen molar-refractivity contribution in [3.63, 3.8) is 0 Å². The number of aromatic nitrogens is 2. The van der Waals surface area contributed by atoms with Crippen molar-refractivity contribution in [1.82, 2.24) is 9.38 Å². The molecule has 20 heavy (non-hydrogen) atoms. The minimum Gasteiger partial charge on any atom is -0.478 e. The van der Waals surface area contributed by atoms with Crippen LogP contribution in [0.15, 0.2) is 17.7 Å². The van der Waals surface area contributed by atoms with Crippen molar-refractivity contribution in [1.29, 1.82) is 0 Å². The number of aliphatic carboxylic acids is 1. The number of carboxylic acids is 1. The number of hydrogen-bond donors (Lipinski definition) is 1. The molecule has 0 unspecified atom stereocenters. The smallest absolute Gasteiger partial charge is 0.328 e. The van der Waals surface area contributed by atoms with Crippen molar-refractivity contribution >= 4 is 45.9 Å². The summed E-state index contributed by atoms with van der Waals surface area (Å²) in [6.45, 7) is 1.94. The number of thioether (sulfide) groups is 1. The molecule has 5 nitrogen and oxygen atoms in total. The molecule has 1 fully saturated rings. The molecule has 0 aromatic carbocycles. The molecule has 0 atom stereocenters. The van der Waals surface area contributed by atoms with Crippen molar-refractivity contribution < 1.29 is 9.90 Å². The van der Waals surface area contributed by atoms with E-state index in [0.29, 0.717) is 0 Å². The third-order valence-corrected chi connectivity index (χ3v) is 4.99. The van der Waals surface area contributed by atoms with Crippen LogP contribution in [0.2, 0.25) is 0 Å². The summed E-state index contributed by atoms with van der Waals surface area (Å²) in [5, 5.41) is 10.8. The van der Waals surface area contributed by atoms with Gasteiger partial charge in [-0.3, -0.25) is 4.40 Å². The van der Waals surface area contributed by atoms with E-state index in [-0.39, 0.29) is 0 Å². The Kier molecular flexibility index (Phi) is 3.98. The van der Waals surface area contributed by atoms with E-state index in [1.54, 1.807) is 17.4 Å². The van der Waals surface area contributed by atoms with E-state index in [9.17, 15) is 4.79 Å². The Morgan fingerprint density at radius 2 is 2.30 bits per heavy atom. The second-order valence-corrected chi connectivity index (χ2v) is 6.60. The van der Waals surface area contributed by atoms with Crippen LogP contribution in [0, 0.1) is 0 Å². The number of carbonyl (C=O) groups is 1. The second-order valence-electron chi connectivity index (χ2n) is 4.50. The van der Waals surface area contributed by atoms with E-state index < -0.39 is 5.97 Å². The Labute approximate surface area is 124 Å². The van der Waals surface area contributed by atoms with E-state index in [0.717, 1.165) is 41.7 Å². The van der Waals surface area contributed by atoms with Gasteiger partial charge in [0.1, 0.15) is 0 Å². The van der Waals surface area contributed by atoms with Gasteiger partial charge in [0.15, 0.2) is 10.8 Å².